The molecule has 5 nitrogen and oxygen atoms in total. The lowest BCUT2D eigenvalue weighted by Gasteiger charge is -2.16. The molecule has 1 aliphatic carbocycles. The van der Waals surface area contributed by atoms with Crippen LogP contribution in [0.2, 0.25) is 5.02 Å². The maximum Gasteiger partial charge on any atom is 0.235 e. The predicted molar refractivity (Wildman–Crippen MR) is 104 cm³/mol. The van der Waals surface area contributed by atoms with E-state index in [0.717, 1.165) is 18.4 Å². The summed E-state index contributed by atoms with van der Waals surface area (Å²) in [5, 5.41) is 3.62. The van der Waals surface area contributed by atoms with Crippen LogP contribution in [0.5, 0.6) is 0 Å². The number of imidazole rings is 1. The van der Waals surface area contributed by atoms with Gasteiger partial charge in [-0.3, -0.25) is 9.59 Å². The first-order valence-corrected chi connectivity index (χ1v) is 9.07. The van der Waals surface area contributed by atoms with E-state index in [2.05, 4.69) is 10.3 Å². The van der Waals surface area contributed by atoms with Crippen LogP contribution in [0.3, 0.4) is 0 Å². The van der Waals surface area contributed by atoms with Gasteiger partial charge in [0.2, 0.25) is 11.7 Å². The van der Waals surface area contributed by atoms with E-state index >= 15 is 0 Å². The fourth-order valence-corrected chi connectivity index (χ4v) is 3.34. The number of amides is 1. The molecule has 1 aromatic heterocycles. The zero-order valence-corrected chi connectivity index (χ0v) is 15.5. The van der Waals surface area contributed by atoms with E-state index in [-0.39, 0.29) is 11.7 Å². The van der Waals surface area contributed by atoms with Crippen molar-refractivity contribution in [3.8, 4) is 0 Å². The number of aromatic nitrogens is 2. The summed E-state index contributed by atoms with van der Waals surface area (Å²) in [6, 6.07) is 14.3. The van der Waals surface area contributed by atoms with Crippen molar-refractivity contribution in [2.75, 3.05) is 5.32 Å². The molecule has 1 heterocycles. The van der Waals surface area contributed by atoms with Gasteiger partial charge in [0.15, 0.2) is 5.82 Å². The topological polar surface area (TPSA) is 64.0 Å². The quantitative estimate of drug-likeness (QED) is 0.682. The van der Waals surface area contributed by atoms with Crippen molar-refractivity contribution in [3.05, 3.63) is 82.9 Å². The lowest BCUT2D eigenvalue weighted by Crippen LogP contribution is -2.27. The van der Waals surface area contributed by atoms with Gasteiger partial charge in [0, 0.05) is 35.7 Å². The average molecular weight is 380 g/mol. The minimum atomic E-state index is -0.480. The third-order valence-corrected chi connectivity index (χ3v) is 5.26. The van der Waals surface area contributed by atoms with Crippen LogP contribution in [0.15, 0.2) is 60.9 Å². The van der Waals surface area contributed by atoms with E-state index in [1.165, 1.54) is 0 Å². The third-order valence-electron chi connectivity index (χ3n) is 5.01. The highest BCUT2D eigenvalue weighted by atomic mass is 35.5. The average Bonchev–Trinajstić information content (AvgIpc) is 3.38. The smallest absolute Gasteiger partial charge is 0.235 e. The molecule has 0 aliphatic heterocycles. The number of carbonyl (C=O) groups is 2. The van der Waals surface area contributed by atoms with Crippen molar-refractivity contribution >= 4 is 29.0 Å². The standard InChI is InChI=1S/C21H18ClN3O2/c1-25-13-12-23-19(25)18(26)14-2-8-17(9-3-14)24-20(27)21(10-11-21)15-4-6-16(22)7-5-15/h2-9,12-13H,10-11H2,1H3,(H,24,27). The summed E-state index contributed by atoms with van der Waals surface area (Å²) in [4.78, 5) is 29.3. The Hall–Kier alpha value is -2.92. The van der Waals surface area contributed by atoms with E-state index in [0.29, 0.717) is 22.1 Å². The summed E-state index contributed by atoms with van der Waals surface area (Å²) < 4.78 is 1.68. The van der Waals surface area contributed by atoms with Gasteiger partial charge in [0.25, 0.3) is 0 Å². The van der Waals surface area contributed by atoms with Crippen LogP contribution in [0.1, 0.15) is 34.6 Å². The van der Waals surface area contributed by atoms with E-state index in [1.807, 2.05) is 24.3 Å². The van der Waals surface area contributed by atoms with Crippen molar-refractivity contribution in [1.82, 2.24) is 9.55 Å². The maximum absolute atomic E-state index is 12.8. The van der Waals surface area contributed by atoms with Crippen LogP contribution in [-0.4, -0.2) is 21.2 Å². The molecule has 1 saturated carbocycles. The molecular weight excluding hydrogens is 362 g/mol. The predicted octanol–water partition coefficient (Wildman–Crippen LogP) is 3.97. The number of rotatable bonds is 5. The molecule has 0 spiro atoms. The van der Waals surface area contributed by atoms with Crippen molar-refractivity contribution < 1.29 is 9.59 Å². The number of hydrogen-bond donors (Lipinski definition) is 1. The van der Waals surface area contributed by atoms with Crippen LogP contribution in [0, 0.1) is 0 Å². The highest BCUT2D eigenvalue weighted by Crippen LogP contribution is 2.49. The Morgan fingerprint density at radius 3 is 2.30 bits per heavy atom. The Morgan fingerprint density at radius 1 is 1.07 bits per heavy atom. The van der Waals surface area contributed by atoms with Crippen LogP contribution < -0.4 is 5.32 Å². The number of nitrogens with zero attached hydrogens (tertiary/aromatic N) is 2. The number of ketones is 1. The molecule has 3 aromatic rings. The molecule has 1 amide bonds. The number of nitrogens with one attached hydrogen (secondary N) is 1. The van der Waals surface area contributed by atoms with Crippen molar-refractivity contribution in [2.45, 2.75) is 18.3 Å². The molecule has 4 rings (SSSR count). The van der Waals surface area contributed by atoms with E-state index in [1.54, 1.807) is 48.3 Å². The van der Waals surface area contributed by atoms with Gasteiger partial charge in [-0.1, -0.05) is 23.7 Å². The first kappa shape index (κ1) is 17.5. The van der Waals surface area contributed by atoms with Crippen molar-refractivity contribution in [1.29, 1.82) is 0 Å². The van der Waals surface area contributed by atoms with Gasteiger partial charge in [0.05, 0.1) is 5.41 Å². The number of anilines is 1. The normalized spacial score (nSPS) is 14.6. The minimum absolute atomic E-state index is 0.0343. The zero-order valence-electron chi connectivity index (χ0n) is 14.8. The Labute approximate surface area is 162 Å². The van der Waals surface area contributed by atoms with Gasteiger partial charge >= 0.3 is 0 Å². The van der Waals surface area contributed by atoms with Gasteiger partial charge in [0.1, 0.15) is 0 Å². The van der Waals surface area contributed by atoms with Crippen molar-refractivity contribution in [3.63, 3.8) is 0 Å². The number of aryl methyl sites for hydroxylation is 1. The molecule has 27 heavy (non-hydrogen) atoms. The number of benzene rings is 2. The van der Waals surface area contributed by atoms with E-state index < -0.39 is 5.41 Å². The molecule has 0 atom stereocenters. The number of hydrogen-bond acceptors (Lipinski definition) is 3. The van der Waals surface area contributed by atoms with Gasteiger partial charge in [-0.05, 0) is 54.8 Å². The molecule has 1 aliphatic rings. The molecule has 136 valence electrons. The summed E-state index contributed by atoms with van der Waals surface area (Å²) >= 11 is 5.94. The summed E-state index contributed by atoms with van der Waals surface area (Å²) in [5.74, 6) is 0.194. The van der Waals surface area contributed by atoms with Gasteiger partial charge in [-0.25, -0.2) is 4.98 Å². The number of halogens is 1. The van der Waals surface area contributed by atoms with Gasteiger partial charge in [-0.15, -0.1) is 0 Å². The lowest BCUT2D eigenvalue weighted by molar-refractivity contribution is -0.118. The minimum Gasteiger partial charge on any atom is -0.331 e. The van der Waals surface area contributed by atoms with E-state index in [4.69, 9.17) is 11.6 Å². The van der Waals surface area contributed by atoms with Gasteiger partial charge in [-0.2, -0.15) is 0 Å². The van der Waals surface area contributed by atoms with E-state index in [9.17, 15) is 9.59 Å². The van der Waals surface area contributed by atoms with Gasteiger partial charge < -0.3 is 9.88 Å². The molecule has 1 fully saturated rings. The molecular formula is C21H18ClN3O2. The second kappa shape index (κ2) is 6.67. The van der Waals surface area contributed by atoms with Crippen LogP contribution in [0.4, 0.5) is 5.69 Å². The maximum atomic E-state index is 12.8. The summed E-state index contributed by atoms with van der Waals surface area (Å²) in [6.07, 6.45) is 4.95. The SMILES string of the molecule is Cn1ccnc1C(=O)c1ccc(NC(=O)C2(c3ccc(Cl)cc3)CC2)cc1. The molecule has 0 saturated heterocycles. The fraction of sp³-hybridized carbons (Fsp3) is 0.190. The third kappa shape index (κ3) is 3.26. The molecule has 0 bridgehead atoms. The van der Waals surface area contributed by atoms with Crippen molar-refractivity contribution in [2.24, 2.45) is 7.05 Å². The molecule has 2 aromatic carbocycles. The summed E-state index contributed by atoms with van der Waals surface area (Å²) in [5.41, 5.74) is 1.69. The summed E-state index contributed by atoms with van der Waals surface area (Å²) in [7, 11) is 1.78. The van der Waals surface area contributed by atoms with Crippen LogP contribution >= 0.6 is 11.6 Å². The fourth-order valence-electron chi connectivity index (χ4n) is 3.21. The Kier molecular flexibility index (Phi) is 4.32. The first-order valence-electron chi connectivity index (χ1n) is 8.69. The molecule has 0 unspecified atom stereocenters. The lowest BCUT2D eigenvalue weighted by atomic mass is 9.95. The highest BCUT2D eigenvalue weighted by molar-refractivity contribution is 6.30. The Bertz CT molecular complexity index is 1000. The Balaban J connectivity index is 1.49. The molecule has 1 N–H and O–H groups in total. The van der Waals surface area contributed by atoms with Crippen LogP contribution in [0.25, 0.3) is 0 Å². The number of carbonyl (C=O) groups excluding carboxylic acids is 2. The second-order valence-electron chi connectivity index (χ2n) is 6.81. The summed E-state index contributed by atoms with van der Waals surface area (Å²) in [6.45, 7) is 0. The van der Waals surface area contributed by atoms with Crippen LogP contribution in [-0.2, 0) is 17.3 Å². The first-order chi connectivity index (χ1) is 13.0. The Morgan fingerprint density at radius 2 is 1.74 bits per heavy atom. The zero-order chi connectivity index (χ0) is 19.0. The molecule has 6 heteroatoms. The highest BCUT2D eigenvalue weighted by Gasteiger charge is 2.51. The monoisotopic (exact) mass is 379 g/mol. The molecule has 0 radical (unpaired) electrons. The largest absolute Gasteiger partial charge is 0.331 e. The second-order valence-corrected chi connectivity index (χ2v) is 7.25.